The standard InChI is InChI=1S/C18H18N4O2/c23-15-7-14(20-21-15)11-8-22(9-11)18(24)17-16(10-5-6-10)12-3-1-2-4-13(12)19-17/h1-4,7,10-11,19H,5-6,8-9H2,(H2,20,21,23). The molecule has 0 bridgehead atoms. The molecule has 3 aromatic rings. The highest BCUT2D eigenvalue weighted by Gasteiger charge is 2.37. The Balaban J connectivity index is 1.43. The van der Waals surface area contributed by atoms with Gasteiger partial charge in [0.05, 0.1) is 0 Å². The van der Waals surface area contributed by atoms with Gasteiger partial charge in [0.1, 0.15) is 5.69 Å². The average molecular weight is 322 g/mol. The number of hydrogen-bond donors (Lipinski definition) is 3. The third-order valence-corrected chi connectivity index (χ3v) is 5.17. The third-order valence-electron chi connectivity index (χ3n) is 5.17. The first-order valence-electron chi connectivity index (χ1n) is 8.38. The molecule has 1 saturated carbocycles. The predicted octanol–water partition coefficient (Wildman–Crippen LogP) is 2.30. The van der Waals surface area contributed by atoms with Crippen LogP contribution < -0.4 is 5.56 Å². The van der Waals surface area contributed by atoms with Gasteiger partial charge in [0.25, 0.3) is 11.5 Å². The van der Waals surface area contributed by atoms with Crippen LogP contribution in [0.5, 0.6) is 0 Å². The second-order valence-corrected chi connectivity index (χ2v) is 6.85. The molecule has 0 spiro atoms. The SMILES string of the molecule is O=C(c1[nH]c2ccccc2c1C1CC1)N1CC(c2cc(=O)[nH][nH]2)C1. The Morgan fingerprint density at radius 2 is 1.88 bits per heavy atom. The van der Waals surface area contributed by atoms with Crippen LogP contribution in [0.15, 0.2) is 35.1 Å². The Kier molecular flexibility index (Phi) is 2.77. The number of likely N-dealkylation sites (tertiary alicyclic amines) is 1. The van der Waals surface area contributed by atoms with E-state index in [1.54, 1.807) is 6.07 Å². The van der Waals surface area contributed by atoms with Crippen molar-refractivity contribution in [2.75, 3.05) is 13.1 Å². The normalized spacial score (nSPS) is 18.1. The number of carbonyl (C=O) groups is 1. The maximum absolute atomic E-state index is 12.9. The lowest BCUT2D eigenvalue weighted by Gasteiger charge is -2.38. The van der Waals surface area contributed by atoms with Gasteiger partial charge in [-0.05, 0) is 30.4 Å². The summed E-state index contributed by atoms with van der Waals surface area (Å²) in [5.41, 5.74) is 3.73. The highest BCUT2D eigenvalue weighted by molar-refractivity contribution is 6.02. The molecule has 1 aliphatic carbocycles. The van der Waals surface area contributed by atoms with E-state index in [2.05, 4.69) is 21.2 Å². The van der Waals surface area contributed by atoms with Gasteiger partial charge in [-0.1, -0.05) is 18.2 Å². The number of nitrogens with zero attached hydrogens (tertiary/aromatic N) is 1. The molecule has 3 heterocycles. The van der Waals surface area contributed by atoms with Crippen LogP contribution in [-0.4, -0.2) is 39.1 Å². The second kappa shape index (κ2) is 4.87. The molecule has 0 unspecified atom stereocenters. The molecule has 1 saturated heterocycles. The van der Waals surface area contributed by atoms with Crippen LogP contribution in [0.25, 0.3) is 10.9 Å². The molecule has 1 aromatic carbocycles. The predicted molar refractivity (Wildman–Crippen MR) is 90.3 cm³/mol. The molecule has 1 aliphatic heterocycles. The number of amides is 1. The molecule has 24 heavy (non-hydrogen) atoms. The molecule has 5 rings (SSSR count). The maximum atomic E-state index is 12.9. The van der Waals surface area contributed by atoms with Crippen molar-refractivity contribution in [3.8, 4) is 0 Å². The fourth-order valence-corrected chi connectivity index (χ4v) is 3.69. The van der Waals surface area contributed by atoms with E-state index in [4.69, 9.17) is 0 Å². The quantitative estimate of drug-likeness (QED) is 0.691. The van der Waals surface area contributed by atoms with Crippen molar-refractivity contribution in [3.63, 3.8) is 0 Å². The number of fused-ring (bicyclic) bond motifs is 1. The molecule has 1 amide bonds. The number of aromatic amines is 3. The molecule has 122 valence electrons. The van der Waals surface area contributed by atoms with Gasteiger partial charge in [-0.2, -0.15) is 0 Å². The molecule has 0 atom stereocenters. The van der Waals surface area contributed by atoms with E-state index in [1.807, 2.05) is 23.1 Å². The molecule has 0 radical (unpaired) electrons. The van der Waals surface area contributed by atoms with Crippen molar-refractivity contribution in [1.82, 2.24) is 20.1 Å². The number of para-hydroxylation sites is 1. The Bertz CT molecular complexity index is 986. The van der Waals surface area contributed by atoms with E-state index >= 15 is 0 Å². The first kappa shape index (κ1) is 13.7. The summed E-state index contributed by atoms with van der Waals surface area (Å²) in [7, 11) is 0. The highest BCUT2D eigenvalue weighted by atomic mass is 16.2. The average Bonchev–Trinajstić information content (AvgIpc) is 3.17. The van der Waals surface area contributed by atoms with E-state index < -0.39 is 0 Å². The first-order chi connectivity index (χ1) is 11.7. The summed E-state index contributed by atoms with van der Waals surface area (Å²) in [6.07, 6.45) is 2.32. The zero-order valence-corrected chi connectivity index (χ0v) is 13.1. The van der Waals surface area contributed by atoms with Crippen LogP contribution in [-0.2, 0) is 0 Å². The van der Waals surface area contributed by atoms with E-state index in [0.29, 0.717) is 19.0 Å². The number of nitrogens with one attached hydrogen (secondary N) is 3. The number of carbonyl (C=O) groups excluding carboxylic acids is 1. The summed E-state index contributed by atoms with van der Waals surface area (Å²) in [6.45, 7) is 1.29. The Labute approximate surface area is 137 Å². The summed E-state index contributed by atoms with van der Waals surface area (Å²) < 4.78 is 0. The van der Waals surface area contributed by atoms with Gasteiger partial charge in [0, 0.05) is 41.7 Å². The fraction of sp³-hybridized carbons (Fsp3) is 0.333. The lowest BCUT2D eigenvalue weighted by Crippen LogP contribution is -2.48. The Morgan fingerprint density at radius 1 is 1.08 bits per heavy atom. The summed E-state index contributed by atoms with van der Waals surface area (Å²) in [5, 5.41) is 6.61. The highest BCUT2D eigenvalue weighted by Crippen LogP contribution is 2.45. The van der Waals surface area contributed by atoms with Gasteiger partial charge in [0.15, 0.2) is 0 Å². The third kappa shape index (κ3) is 2.02. The van der Waals surface area contributed by atoms with Gasteiger partial charge >= 0.3 is 0 Å². The van der Waals surface area contributed by atoms with E-state index in [-0.39, 0.29) is 17.4 Å². The number of hydrogen-bond acceptors (Lipinski definition) is 2. The van der Waals surface area contributed by atoms with Crippen LogP contribution >= 0.6 is 0 Å². The Morgan fingerprint density at radius 3 is 2.58 bits per heavy atom. The monoisotopic (exact) mass is 322 g/mol. The molecule has 6 heteroatoms. The van der Waals surface area contributed by atoms with E-state index in [0.717, 1.165) is 29.7 Å². The zero-order chi connectivity index (χ0) is 16.3. The Hall–Kier alpha value is -2.76. The summed E-state index contributed by atoms with van der Waals surface area (Å²) >= 11 is 0. The van der Waals surface area contributed by atoms with Crippen LogP contribution in [0.1, 0.15) is 46.4 Å². The number of benzene rings is 1. The summed E-state index contributed by atoms with van der Waals surface area (Å²) in [5.74, 6) is 0.794. The molecular weight excluding hydrogens is 304 g/mol. The van der Waals surface area contributed by atoms with Crippen molar-refractivity contribution < 1.29 is 4.79 Å². The zero-order valence-electron chi connectivity index (χ0n) is 13.1. The van der Waals surface area contributed by atoms with Crippen molar-refractivity contribution in [2.45, 2.75) is 24.7 Å². The lowest BCUT2D eigenvalue weighted by molar-refractivity contribution is 0.0592. The van der Waals surface area contributed by atoms with Gasteiger partial charge in [-0.25, -0.2) is 0 Å². The van der Waals surface area contributed by atoms with Crippen LogP contribution in [0.2, 0.25) is 0 Å². The van der Waals surface area contributed by atoms with Crippen molar-refractivity contribution in [2.24, 2.45) is 0 Å². The van der Waals surface area contributed by atoms with Crippen LogP contribution in [0.3, 0.4) is 0 Å². The lowest BCUT2D eigenvalue weighted by atomic mass is 9.95. The van der Waals surface area contributed by atoms with Crippen molar-refractivity contribution >= 4 is 16.8 Å². The van der Waals surface area contributed by atoms with Crippen molar-refractivity contribution in [3.05, 3.63) is 57.6 Å². The molecule has 6 nitrogen and oxygen atoms in total. The molecule has 2 aliphatic rings. The largest absolute Gasteiger partial charge is 0.350 e. The topological polar surface area (TPSA) is 84.8 Å². The number of rotatable bonds is 3. The van der Waals surface area contributed by atoms with Gasteiger partial charge in [-0.3, -0.25) is 14.7 Å². The fourth-order valence-electron chi connectivity index (χ4n) is 3.69. The minimum Gasteiger partial charge on any atom is -0.350 e. The number of aromatic nitrogens is 3. The summed E-state index contributed by atoms with van der Waals surface area (Å²) in [6, 6.07) is 9.72. The minimum absolute atomic E-state index is 0.0715. The van der Waals surface area contributed by atoms with Gasteiger partial charge in [-0.15, -0.1) is 0 Å². The smallest absolute Gasteiger partial charge is 0.270 e. The molecule has 2 fully saturated rings. The second-order valence-electron chi connectivity index (χ2n) is 6.85. The molecule has 3 N–H and O–H groups in total. The van der Waals surface area contributed by atoms with Crippen LogP contribution in [0, 0.1) is 0 Å². The van der Waals surface area contributed by atoms with Crippen LogP contribution in [0.4, 0.5) is 0 Å². The molecular formula is C18H18N4O2. The molecule has 2 aromatic heterocycles. The minimum atomic E-state index is -0.124. The summed E-state index contributed by atoms with van der Waals surface area (Å²) in [4.78, 5) is 29.4. The van der Waals surface area contributed by atoms with Gasteiger partial charge < -0.3 is 15.0 Å². The first-order valence-corrected chi connectivity index (χ1v) is 8.38. The maximum Gasteiger partial charge on any atom is 0.270 e. The van der Waals surface area contributed by atoms with E-state index in [1.165, 1.54) is 10.9 Å². The number of H-pyrrole nitrogens is 3. The van der Waals surface area contributed by atoms with Crippen molar-refractivity contribution in [1.29, 1.82) is 0 Å². The van der Waals surface area contributed by atoms with Gasteiger partial charge in [0.2, 0.25) is 0 Å². The van der Waals surface area contributed by atoms with E-state index in [9.17, 15) is 9.59 Å².